The lowest BCUT2D eigenvalue weighted by molar-refractivity contribution is 0.460. The molecule has 39 heavy (non-hydrogen) atoms. The lowest BCUT2D eigenvalue weighted by atomic mass is 9.93. The smallest absolute Gasteiger partial charge is 0.170 e. The third kappa shape index (κ3) is 6.19. The van der Waals surface area contributed by atoms with E-state index in [1.807, 2.05) is 0 Å². The van der Waals surface area contributed by atoms with Crippen molar-refractivity contribution < 1.29 is 38.9 Å². The van der Waals surface area contributed by atoms with Crippen LogP contribution in [-0.4, -0.2) is 68.6 Å². The molecule has 0 atom stereocenters. The van der Waals surface area contributed by atoms with E-state index in [2.05, 4.69) is 10.6 Å². The molecule has 4 rings (SSSR count). The van der Waals surface area contributed by atoms with E-state index < -0.39 is 45.0 Å². The molecule has 0 aliphatic carbocycles. The minimum absolute atomic E-state index is 0.0379. The zero-order valence-corrected chi connectivity index (χ0v) is 24.4. The average molecular weight is 649 g/mol. The second-order valence-corrected chi connectivity index (χ2v) is 15.2. The van der Waals surface area contributed by atoms with Crippen molar-refractivity contribution >= 4 is 107 Å². The van der Waals surface area contributed by atoms with Crippen LogP contribution in [0.3, 0.4) is 0 Å². The molecule has 210 valence electrons. The predicted molar refractivity (Wildman–Crippen MR) is 152 cm³/mol. The summed E-state index contributed by atoms with van der Waals surface area (Å²) in [5.74, 6) is 1.43. The SMILES string of the molecule is NCCSSCCNC(=S)Nc1cc(S(=O)(=O)[O-])c2ccc3c(S(=O)(=O)[O-])cc(S(=O)(=O)[O-])c4ccc1c2c43. The molecule has 4 aromatic rings. The molecule has 0 radical (unpaired) electrons. The van der Waals surface area contributed by atoms with Gasteiger partial charge in [-0.15, -0.1) is 0 Å². The summed E-state index contributed by atoms with van der Waals surface area (Å²) >= 11 is 5.30. The minimum Gasteiger partial charge on any atom is -0.744 e. The van der Waals surface area contributed by atoms with Gasteiger partial charge in [-0.25, -0.2) is 25.3 Å². The van der Waals surface area contributed by atoms with E-state index in [0.717, 1.165) is 24.0 Å². The minimum atomic E-state index is -5.29. The molecule has 0 aliphatic heterocycles. The molecule has 4 N–H and O–H groups in total. The maximum absolute atomic E-state index is 12.2. The second kappa shape index (κ2) is 11.1. The lowest BCUT2D eigenvalue weighted by Crippen LogP contribution is -2.30. The Kier molecular flexibility index (Phi) is 8.54. The number of nitrogens with two attached hydrogens (primary N) is 1. The summed E-state index contributed by atoms with van der Waals surface area (Å²) in [5, 5.41) is 5.18. The van der Waals surface area contributed by atoms with Crippen LogP contribution in [0.2, 0.25) is 0 Å². The van der Waals surface area contributed by atoms with Crippen molar-refractivity contribution in [2.24, 2.45) is 5.73 Å². The maximum atomic E-state index is 12.2. The first-order valence-electron chi connectivity index (χ1n) is 10.8. The summed E-state index contributed by atoms with van der Waals surface area (Å²) in [4.78, 5) is -2.66. The Morgan fingerprint density at radius 2 is 1.18 bits per heavy atom. The molecule has 0 spiro atoms. The van der Waals surface area contributed by atoms with Gasteiger partial charge in [0, 0.05) is 57.2 Å². The molecule has 0 heterocycles. The zero-order chi connectivity index (χ0) is 28.8. The highest BCUT2D eigenvalue weighted by Gasteiger charge is 2.23. The Labute approximate surface area is 237 Å². The fraction of sp³-hybridized carbons (Fsp3) is 0.190. The lowest BCUT2D eigenvalue weighted by Gasteiger charge is -2.23. The first-order chi connectivity index (χ1) is 18.1. The van der Waals surface area contributed by atoms with E-state index in [-0.39, 0.29) is 43.1 Å². The van der Waals surface area contributed by atoms with E-state index in [9.17, 15) is 38.9 Å². The van der Waals surface area contributed by atoms with Crippen molar-refractivity contribution in [2.75, 3.05) is 29.9 Å². The summed E-state index contributed by atoms with van der Waals surface area (Å²) in [6.07, 6.45) is 0. The van der Waals surface area contributed by atoms with Gasteiger partial charge in [0.2, 0.25) is 0 Å². The Balaban J connectivity index is 1.97. The van der Waals surface area contributed by atoms with E-state index in [4.69, 9.17) is 18.0 Å². The summed E-state index contributed by atoms with van der Waals surface area (Å²) < 4.78 is 109. The van der Waals surface area contributed by atoms with Crippen molar-refractivity contribution in [3.8, 4) is 0 Å². The average Bonchev–Trinajstić information content (AvgIpc) is 2.82. The fourth-order valence-corrected chi connectivity index (χ4v) is 8.31. The summed E-state index contributed by atoms with van der Waals surface area (Å²) in [6, 6.07) is 6.38. The van der Waals surface area contributed by atoms with E-state index >= 15 is 0 Å². The van der Waals surface area contributed by atoms with Gasteiger partial charge in [-0.1, -0.05) is 45.9 Å². The number of hydrogen-bond donors (Lipinski definition) is 3. The molecule has 0 bridgehead atoms. The number of hydrogen-bond acceptors (Lipinski definition) is 13. The third-order valence-corrected chi connectivity index (χ3v) is 10.9. The molecular weight excluding hydrogens is 631 g/mol. The molecule has 18 heteroatoms. The normalized spacial score (nSPS) is 12.9. The van der Waals surface area contributed by atoms with Gasteiger partial charge in [0.1, 0.15) is 30.4 Å². The summed E-state index contributed by atoms with van der Waals surface area (Å²) in [7, 11) is -12.6. The van der Waals surface area contributed by atoms with Gasteiger partial charge in [-0.3, -0.25) is 0 Å². The molecule has 0 saturated heterocycles. The molecule has 0 unspecified atom stereocenters. The van der Waals surface area contributed by atoms with Crippen molar-refractivity contribution in [3.63, 3.8) is 0 Å². The van der Waals surface area contributed by atoms with Crippen molar-refractivity contribution in [1.29, 1.82) is 0 Å². The van der Waals surface area contributed by atoms with E-state index in [1.54, 1.807) is 21.6 Å². The Morgan fingerprint density at radius 3 is 1.67 bits per heavy atom. The quantitative estimate of drug-likeness (QED) is 0.0735. The predicted octanol–water partition coefficient (Wildman–Crippen LogP) is 1.92. The van der Waals surface area contributed by atoms with E-state index in [1.165, 1.54) is 12.1 Å². The van der Waals surface area contributed by atoms with Crippen molar-refractivity contribution in [2.45, 2.75) is 14.7 Å². The number of benzene rings is 4. The van der Waals surface area contributed by atoms with Crippen LogP contribution in [0.4, 0.5) is 5.69 Å². The second-order valence-electron chi connectivity index (χ2n) is 8.04. The van der Waals surface area contributed by atoms with Crippen LogP contribution in [0, 0.1) is 0 Å². The van der Waals surface area contributed by atoms with Crippen molar-refractivity contribution in [1.82, 2.24) is 5.32 Å². The molecule has 4 aromatic carbocycles. The zero-order valence-electron chi connectivity index (χ0n) is 19.5. The van der Waals surface area contributed by atoms with Crippen LogP contribution in [-0.2, 0) is 30.4 Å². The number of rotatable bonds is 10. The van der Waals surface area contributed by atoms with Gasteiger partial charge < -0.3 is 30.0 Å². The highest BCUT2D eigenvalue weighted by molar-refractivity contribution is 8.76. The van der Waals surface area contributed by atoms with Gasteiger partial charge in [0.15, 0.2) is 5.11 Å². The number of anilines is 1. The highest BCUT2D eigenvalue weighted by atomic mass is 33.1. The first kappa shape index (κ1) is 30.0. The topological polar surface area (TPSA) is 222 Å². The van der Waals surface area contributed by atoms with Crippen LogP contribution in [0.25, 0.3) is 32.3 Å². The Morgan fingerprint density at radius 1 is 0.744 bits per heavy atom. The fourth-order valence-electron chi connectivity index (χ4n) is 4.16. The van der Waals surface area contributed by atoms with Crippen molar-refractivity contribution in [3.05, 3.63) is 36.4 Å². The van der Waals surface area contributed by atoms with Gasteiger partial charge in [-0.05, 0) is 29.7 Å². The molecule has 0 aliphatic rings. The molecule has 0 amide bonds. The van der Waals surface area contributed by atoms with Crippen LogP contribution in [0.1, 0.15) is 0 Å². The Bertz CT molecular complexity index is 1880. The number of nitrogens with one attached hydrogen (secondary N) is 2. The van der Waals surface area contributed by atoms with Gasteiger partial charge >= 0.3 is 0 Å². The Hall–Kier alpha value is -2.00. The van der Waals surface area contributed by atoms with Crippen LogP contribution >= 0.6 is 33.8 Å². The van der Waals surface area contributed by atoms with Gasteiger partial charge in [0.05, 0.1) is 14.7 Å². The molecule has 0 fully saturated rings. The van der Waals surface area contributed by atoms with E-state index in [0.29, 0.717) is 24.9 Å². The molecular formula is C21H18N3O9S6-3. The largest absolute Gasteiger partial charge is 0.744 e. The number of thiocarbonyl (C=S) groups is 1. The summed E-state index contributed by atoms with van der Waals surface area (Å²) in [5.41, 5.74) is 5.48. The first-order valence-corrected chi connectivity index (χ1v) is 17.9. The van der Waals surface area contributed by atoms with Crippen LogP contribution in [0.5, 0.6) is 0 Å². The van der Waals surface area contributed by atoms with Gasteiger partial charge in [0.25, 0.3) is 0 Å². The highest BCUT2D eigenvalue weighted by Crippen LogP contribution is 2.44. The van der Waals surface area contributed by atoms with Gasteiger partial charge in [-0.2, -0.15) is 0 Å². The standard InChI is InChI=1S/C21H21N3O9S6/c22-5-7-35-36-8-6-23-21(34)24-15-9-16(37(25,26)27)12-3-4-14-18(39(31,32)33)10-17(38(28,29)30)13-2-1-11(15)19(12)20(13)14/h1-4,9-10H,5-8,22H2,(H2,23,24,34)(H,25,26,27)(H,28,29,30)(H,31,32,33)/p-3. The monoisotopic (exact) mass is 648 g/mol. The maximum Gasteiger partial charge on any atom is 0.170 e. The molecule has 0 saturated carbocycles. The third-order valence-electron chi connectivity index (χ3n) is 5.60. The van der Waals surface area contributed by atoms with Crippen LogP contribution in [0.15, 0.2) is 51.1 Å². The molecule has 0 aromatic heterocycles. The molecule has 12 nitrogen and oxygen atoms in total. The summed E-state index contributed by atoms with van der Waals surface area (Å²) in [6.45, 7) is 0.969. The van der Waals surface area contributed by atoms with Crippen LogP contribution < -0.4 is 16.4 Å².